The van der Waals surface area contributed by atoms with Crippen LogP contribution in [0.5, 0.6) is 0 Å². The summed E-state index contributed by atoms with van der Waals surface area (Å²) < 4.78 is 1.84. The summed E-state index contributed by atoms with van der Waals surface area (Å²) in [6.45, 7) is 4.34. The van der Waals surface area contributed by atoms with Crippen molar-refractivity contribution < 1.29 is 0 Å². The lowest BCUT2D eigenvalue weighted by atomic mass is 10.4. The average molecular weight is 352 g/mol. The van der Waals surface area contributed by atoms with Gasteiger partial charge in [0.1, 0.15) is 0 Å². The van der Waals surface area contributed by atoms with Crippen molar-refractivity contribution in [3.8, 4) is 0 Å². The van der Waals surface area contributed by atoms with Crippen LogP contribution < -0.4 is 10.6 Å². The Labute approximate surface area is 146 Å². The molecule has 0 fully saturated rings. The van der Waals surface area contributed by atoms with Crippen LogP contribution in [0.25, 0.3) is 0 Å². The van der Waals surface area contributed by atoms with Crippen LogP contribution in [0.2, 0.25) is 5.02 Å². The maximum Gasteiger partial charge on any atom is 0.191 e. The summed E-state index contributed by atoms with van der Waals surface area (Å²) >= 11 is 7.68. The quantitative estimate of drug-likeness (QED) is 0.348. The van der Waals surface area contributed by atoms with Crippen LogP contribution >= 0.6 is 23.4 Å². The molecular weight excluding hydrogens is 330 g/mol. The highest BCUT2D eigenvalue weighted by molar-refractivity contribution is 7.99. The van der Waals surface area contributed by atoms with Crippen LogP contribution in [0.4, 0.5) is 0 Å². The number of aromatic nitrogens is 2. The van der Waals surface area contributed by atoms with Crippen molar-refractivity contribution in [1.29, 1.82) is 0 Å². The van der Waals surface area contributed by atoms with E-state index in [4.69, 9.17) is 11.6 Å². The number of hydrogen-bond acceptors (Lipinski definition) is 3. The summed E-state index contributed by atoms with van der Waals surface area (Å²) in [5.74, 6) is 1.78. The van der Waals surface area contributed by atoms with Gasteiger partial charge in [0.15, 0.2) is 5.96 Å². The van der Waals surface area contributed by atoms with Crippen molar-refractivity contribution in [1.82, 2.24) is 20.4 Å². The minimum Gasteiger partial charge on any atom is -0.357 e. The molecule has 0 aliphatic carbocycles. The number of nitrogens with one attached hydrogen (secondary N) is 2. The number of benzene rings is 1. The number of hydrogen-bond donors (Lipinski definition) is 2. The molecule has 0 bridgehead atoms. The smallest absolute Gasteiger partial charge is 0.191 e. The van der Waals surface area contributed by atoms with Crippen molar-refractivity contribution in [2.24, 2.45) is 12.0 Å². The third-order valence-corrected chi connectivity index (χ3v) is 4.41. The van der Waals surface area contributed by atoms with Gasteiger partial charge in [0.2, 0.25) is 0 Å². The topological polar surface area (TPSA) is 54.2 Å². The van der Waals surface area contributed by atoms with Crippen molar-refractivity contribution in [3.63, 3.8) is 0 Å². The predicted octanol–water partition coefficient (Wildman–Crippen LogP) is 2.92. The van der Waals surface area contributed by atoms with E-state index in [2.05, 4.69) is 27.6 Å². The lowest BCUT2D eigenvalue weighted by Crippen LogP contribution is -2.38. The molecule has 0 saturated carbocycles. The van der Waals surface area contributed by atoms with Gasteiger partial charge in [-0.25, -0.2) is 4.99 Å². The van der Waals surface area contributed by atoms with E-state index in [-0.39, 0.29) is 0 Å². The number of rotatable bonds is 7. The summed E-state index contributed by atoms with van der Waals surface area (Å²) in [4.78, 5) is 5.80. The summed E-state index contributed by atoms with van der Waals surface area (Å²) in [5.41, 5.74) is 1.08. The Morgan fingerprint density at radius 3 is 2.70 bits per heavy atom. The number of halogens is 1. The van der Waals surface area contributed by atoms with Crippen molar-refractivity contribution in [3.05, 3.63) is 47.2 Å². The van der Waals surface area contributed by atoms with Crippen LogP contribution in [0.15, 0.2) is 46.4 Å². The molecular formula is C16H22ClN5S. The zero-order valence-corrected chi connectivity index (χ0v) is 15.0. The van der Waals surface area contributed by atoms with Gasteiger partial charge in [-0.05, 0) is 37.3 Å². The molecule has 0 unspecified atom stereocenters. The van der Waals surface area contributed by atoms with Crippen LogP contribution in [0.1, 0.15) is 12.6 Å². The van der Waals surface area contributed by atoms with Gasteiger partial charge in [-0.15, -0.1) is 11.8 Å². The zero-order valence-electron chi connectivity index (χ0n) is 13.4. The largest absolute Gasteiger partial charge is 0.357 e. The molecule has 0 spiro atoms. The summed E-state index contributed by atoms with van der Waals surface area (Å²) in [6, 6.07) is 9.88. The van der Waals surface area contributed by atoms with Crippen molar-refractivity contribution >= 4 is 29.3 Å². The first kappa shape index (κ1) is 17.7. The molecule has 0 saturated heterocycles. The monoisotopic (exact) mass is 351 g/mol. The predicted molar refractivity (Wildman–Crippen MR) is 98.2 cm³/mol. The molecule has 2 N–H and O–H groups in total. The molecule has 1 heterocycles. The fraction of sp³-hybridized carbons (Fsp3) is 0.375. The molecule has 7 heteroatoms. The van der Waals surface area contributed by atoms with Gasteiger partial charge < -0.3 is 10.6 Å². The van der Waals surface area contributed by atoms with Gasteiger partial charge in [-0.1, -0.05) is 11.6 Å². The fourth-order valence-electron chi connectivity index (χ4n) is 1.93. The third-order valence-electron chi connectivity index (χ3n) is 3.14. The number of thioether (sulfide) groups is 1. The average Bonchev–Trinajstić information content (AvgIpc) is 2.96. The second-order valence-corrected chi connectivity index (χ2v) is 6.48. The molecule has 2 aromatic rings. The Hall–Kier alpha value is -1.66. The zero-order chi connectivity index (χ0) is 16.5. The second-order valence-electron chi connectivity index (χ2n) is 4.87. The highest BCUT2D eigenvalue weighted by atomic mass is 35.5. The summed E-state index contributed by atoms with van der Waals surface area (Å²) in [5, 5.41) is 11.5. The van der Waals surface area contributed by atoms with Gasteiger partial charge >= 0.3 is 0 Å². The van der Waals surface area contributed by atoms with Crippen molar-refractivity contribution in [2.45, 2.75) is 18.4 Å². The molecule has 0 amide bonds. The van der Waals surface area contributed by atoms with E-state index in [1.165, 1.54) is 4.90 Å². The lowest BCUT2D eigenvalue weighted by molar-refractivity contribution is 0.708. The normalized spacial score (nSPS) is 11.5. The molecule has 0 aliphatic rings. The van der Waals surface area contributed by atoms with E-state index in [0.29, 0.717) is 6.54 Å². The maximum absolute atomic E-state index is 5.89. The van der Waals surface area contributed by atoms with Gasteiger partial charge in [-0.2, -0.15) is 5.10 Å². The maximum atomic E-state index is 5.89. The van der Waals surface area contributed by atoms with Crippen LogP contribution in [-0.2, 0) is 13.6 Å². The Morgan fingerprint density at radius 1 is 1.26 bits per heavy atom. The van der Waals surface area contributed by atoms with E-state index >= 15 is 0 Å². The lowest BCUT2D eigenvalue weighted by Gasteiger charge is -2.11. The van der Waals surface area contributed by atoms with Gasteiger partial charge in [0.25, 0.3) is 0 Å². The van der Waals surface area contributed by atoms with E-state index in [9.17, 15) is 0 Å². The first-order chi connectivity index (χ1) is 11.2. The number of guanidine groups is 1. The van der Waals surface area contributed by atoms with E-state index in [0.717, 1.165) is 35.5 Å². The summed E-state index contributed by atoms with van der Waals surface area (Å²) in [7, 11) is 1.92. The molecule has 23 heavy (non-hydrogen) atoms. The minimum atomic E-state index is 0.607. The van der Waals surface area contributed by atoms with Crippen LogP contribution in [0.3, 0.4) is 0 Å². The summed E-state index contributed by atoms with van der Waals surface area (Å²) in [6.07, 6.45) is 1.79. The Kier molecular flexibility index (Phi) is 7.29. The second kappa shape index (κ2) is 9.47. The fourth-order valence-corrected chi connectivity index (χ4v) is 2.82. The number of aryl methyl sites for hydroxylation is 1. The molecule has 0 atom stereocenters. The molecule has 0 aliphatic heterocycles. The molecule has 1 aromatic carbocycles. The number of aliphatic imine (C=N–C) groups is 1. The molecule has 2 rings (SSSR count). The first-order valence-electron chi connectivity index (χ1n) is 7.56. The Balaban J connectivity index is 1.77. The van der Waals surface area contributed by atoms with E-state index in [1.54, 1.807) is 18.0 Å². The minimum absolute atomic E-state index is 0.607. The molecule has 0 radical (unpaired) electrons. The van der Waals surface area contributed by atoms with Crippen LogP contribution in [-0.4, -0.2) is 34.6 Å². The molecule has 1 aromatic heterocycles. The van der Waals surface area contributed by atoms with Gasteiger partial charge in [-0.3, -0.25) is 4.68 Å². The molecule has 5 nitrogen and oxygen atoms in total. The SMILES string of the molecule is CCNC(=NCc1ccnn1C)NCCSc1ccc(Cl)cc1. The highest BCUT2D eigenvalue weighted by Gasteiger charge is 2.00. The van der Waals surface area contributed by atoms with Crippen LogP contribution in [0, 0.1) is 0 Å². The Morgan fingerprint density at radius 2 is 2.04 bits per heavy atom. The van der Waals surface area contributed by atoms with Crippen molar-refractivity contribution in [2.75, 3.05) is 18.8 Å². The molecule has 124 valence electrons. The van der Waals surface area contributed by atoms with E-state index < -0.39 is 0 Å². The highest BCUT2D eigenvalue weighted by Crippen LogP contribution is 2.19. The Bertz CT molecular complexity index is 624. The third kappa shape index (κ3) is 6.15. The van der Waals surface area contributed by atoms with Gasteiger partial charge in [0, 0.05) is 42.0 Å². The van der Waals surface area contributed by atoms with Gasteiger partial charge in [0.05, 0.1) is 12.2 Å². The van der Waals surface area contributed by atoms with E-state index in [1.807, 2.05) is 42.1 Å². The standard InChI is InChI=1S/C16H22ClN5S/c1-3-18-16(20-12-14-8-9-21-22(14)2)19-10-11-23-15-6-4-13(17)5-7-15/h4-9H,3,10-12H2,1-2H3,(H2,18,19,20). The number of nitrogens with zero attached hydrogens (tertiary/aromatic N) is 3. The first-order valence-corrected chi connectivity index (χ1v) is 8.93.